The summed E-state index contributed by atoms with van der Waals surface area (Å²) in [6.45, 7) is 1.99. The van der Waals surface area contributed by atoms with E-state index in [2.05, 4.69) is 27.3 Å². The molecular weight excluding hydrogens is 294 g/mol. The number of hydrogen-bond donors (Lipinski definition) is 0. The van der Waals surface area contributed by atoms with Crippen molar-refractivity contribution < 1.29 is 4.52 Å². The summed E-state index contributed by atoms with van der Waals surface area (Å²) >= 11 is 1.93. The lowest BCUT2D eigenvalue weighted by Gasteiger charge is -2.17. The maximum Gasteiger partial charge on any atom is 0.259 e. The lowest BCUT2D eigenvalue weighted by Crippen LogP contribution is -2.03. The zero-order valence-electron chi connectivity index (χ0n) is 12.5. The molecular formula is C17H17N3OS. The van der Waals surface area contributed by atoms with E-state index in [1.165, 1.54) is 18.6 Å². The van der Waals surface area contributed by atoms with Gasteiger partial charge in [-0.05, 0) is 37.7 Å². The van der Waals surface area contributed by atoms with E-state index in [0.29, 0.717) is 11.1 Å². The van der Waals surface area contributed by atoms with Gasteiger partial charge in [-0.25, -0.2) is 0 Å². The first-order valence-electron chi connectivity index (χ1n) is 7.63. The maximum atomic E-state index is 5.52. The van der Waals surface area contributed by atoms with Crippen LogP contribution in [0.5, 0.6) is 0 Å². The van der Waals surface area contributed by atoms with Crippen LogP contribution in [0.4, 0.5) is 0 Å². The van der Waals surface area contributed by atoms with Gasteiger partial charge in [0.2, 0.25) is 0 Å². The van der Waals surface area contributed by atoms with Crippen LogP contribution in [-0.2, 0) is 0 Å². The van der Waals surface area contributed by atoms with Crippen LogP contribution in [0.25, 0.3) is 22.4 Å². The Bertz CT molecular complexity index is 809. The van der Waals surface area contributed by atoms with Gasteiger partial charge < -0.3 is 4.52 Å². The number of pyridine rings is 1. The SMILES string of the molecule is Cc1nc2ccccc2cc1-c1nc(C2CCCCS2)no1. The van der Waals surface area contributed by atoms with E-state index in [1.807, 2.05) is 36.9 Å². The monoisotopic (exact) mass is 311 g/mol. The molecule has 5 heteroatoms. The molecule has 1 saturated heterocycles. The molecule has 1 aromatic carbocycles. The number of aromatic nitrogens is 3. The summed E-state index contributed by atoms with van der Waals surface area (Å²) in [6, 6.07) is 10.2. The Labute approximate surface area is 133 Å². The third-order valence-corrected chi connectivity index (χ3v) is 5.43. The molecule has 2 aromatic heterocycles. The second-order valence-corrected chi connectivity index (χ2v) is 6.94. The van der Waals surface area contributed by atoms with E-state index in [9.17, 15) is 0 Å². The molecule has 0 saturated carbocycles. The number of rotatable bonds is 2. The molecule has 0 amide bonds. The van der Waals surface area contributed by atoms with Crippen LogP contribution in [0.1, 0.15) is 36.0 Å². The molecule has 0 bridgehead atoms. The molecule has 0 spiro atoms. The van der Waals surface area contributed by atoms with Crippen molar-refractivity contribution in [1.29, 1.82) is 0 Å². The number of benzene rings is 1. The van der Waals surface area contributed by atoms with Crippen LogP contribution in [0, 0.1) is 6.92 Å². The predicted octanol–water partition coefficient (Wildman–Crippen LogP) is 4.55. The first kappa shape index (κ1) is 13.8. The minimum atomic E-state index is 0.375. The van der Waals surface area contributed by atoms with Crippen molar-refractivity contribution >= 4 is 22.7 Å². The Morgan fingerprint density at radius 3 is 2.95 bits per heavy atom. The molecule has 0 radical (unpaired) electrons. The second-order valence-electron chi connectivity index (χ2n) is 5.63. The van der Waals surface area contributed by atoms with Crippen LogP contribution in [-0.4, -0.2) is 20.9 Å². The molecule has 1 atom stereocenters. The molecule has 0 N–H and O–H groups in total. The molecule has 1 aliphatic heterocycles. The van der Waals surface area contributed by atoms with E-state index >= 15 is 0 Å². The fourth-order valence-corrected chi connectivity index (χ4v) is 4.08. The molecule has 1 aliphatic rings. The summed E-state index contributed by atoms with van der Waals surface area (Å²) in [7, 11) is 0. The quantitative estimate of drug-likeness (QED) is 0.695. The number of aryl methyl sites for hydroxylation is 1. The summed E-state index contributed by atoms with van der Waals surface area (Å²) in [5, 5.41) is 5.67. The van der Waals surface area contributed by atoms with E-state index in [1.54, 1.807) is 0 Å². The normalized spacial score (nSPS) is 18.7. The average molecular weight is 311 g/mol. The minimum Gasteiger partial charge on any atom is -0.334 e. The lowest BCUT2D eigenvalue weighted by molar-refractivity contribution is 0.420. The summed E-state index contributed by atoms with van der Waals surface area (Å²) in [6.07, 6.45) is 3.68. The van der Waals surface area contributed by atoms with Crippen LogP contribution >= 0.6 is 11.8 Å². The minimum absolute atomic E-state index is 0.375. The van der Waals surface area contributed by atoms with Crippen molar-refractivity contribution in [2.75, 3.05) is 5.75 Å². The molecule has 112 valence electrons. The second kappa shape index (κ2) is 5.72. The maximum absolute atomic E-state index is 5.52. The van der Waals surface area contributed by atoms with Gasteiger partial charge in [-0.2, -0.15) is 16.7 Å². The van der Waals surface area contributed by atoms with E-state index < -0.39 is 0 Å². The van der Waals surface area contributed by atoms with Crippen LogP contribution in [0.15, 0.2) is 34.9 Å². The highest BCUT2D eigenvalue weighted by molar-refractivity contribution is 7.99. The molecule has 1 unspecified atom stereocenters. The Morgan fingerprint density at radius 1 is 1.18 bits per heavy atom. The zero-order chi connectivity index (χ0) is 14.9. The molecule has 4 rings (SSSR count). The standard InChI is InChI=1S/C17H17N3OS/c1-11-13(10-12-6-2-3-7-14(12)18-11)17-19-16(20-21-17)15-8-4-5-9-22-15/h2-3,6-7,10,15H,4-5,8-9H2,1H3. The Balaban J connectivity index is 1.72. The number of para-hydroxylation sites is 1. The molecule has 0 aliphatic carbocycles. The van der Waals surface area contributed by atoms with Gasteiger partial charge in [0.1, 0.15) is 0 Å². The summed E-state index contributed by atoms with van der Waals surface area (Å²) in [4.78, 5) is 9.27. The largest absolute Gasteiger partial charge is 0.334 e. The number of nitrogens with zero attached hydrogens (tertiary/aromatic N) is 3. The van der Waals surface area contributed by atoms with Crippen molar-refractivity contribution in [2.45, 2.75) is 31.4 Å². The third kappa shape index (κ3) is 2.50. The fraction of sp³-hybridized carbons (Fsp3) is 0.353. The van der Waals surface area contributed by atoms with Crippen LogP contribution < -0.4 is 0 Å². The van der Waals surface area contributed by atoms with Gasteiger partial charge in [-0.15, -0.1) is 0 Å². The average Bonchev–Trinajstić information content (AvgIpc) is 3.05. The smallest absolute Gasteiger partial charge is 0.259 e. The summed E-state index contributed by atoms with van der Waals surface area (Å²) in [5.74, 6) is 2.59. The van der Waals surface area contributed by atoms with Gasteiger partial charge in [-0.1, -0.05) is 29.8 Å². The van der Waals surface area contributed by atoms with Crippen LogP contribution in [0.3, 0.4) is 0 Å². The highest BCUT2D eigenvalue weighted by Crippen LogP contribution is 2.37. The Kier molecular flexibility index (Phi) is 3.58. The lowest BCUT2D eigenvalue weighted by atomic mass is 10.1. The highest BCUT2D eigenvalue weighted by atomic mass is 32.2. The Morgan fingerprint density at radius 2 is 2.09 bits per heavy atom. The first-order valence-corrected chi connectivity index (χ1v) is 8.68. The molecule has 3 aromatic rings. The van der Waals surface area contributed by atoms with Crippen LogP contribution in [0.2, 0.25) is 0 Å². The zero-order valence-corrected chi connectivity index (χ0v) is 13.3. The number of thioether (sulfide) groups is 1. The molecule has 22 heavy (non-hydrogen) atoms. The Hall–Kier alpha value is -1.88. The molecule has 3 heterocycles. The summed E-state index contributed by atoms with van der Waals surface area (Å²) in [5.41, 5.74) is 2.84. The van der Waals surface area contributed by atoms with Crippen molar-refractivity contribution in [1.82, 2.24) is 15.1 Å². The van der Waals surface area contributed by atoms with E-state index in [4.69, 9.17) is 4.52 Å². The molecule has 4 nitrogen and oxygen atoms in total. The number of hydrogen-bond acceptors (Lipinski definition) is 5. The highest BCUT2D eigenvalue weighted by Gasteiger charge is 2.22. The van der Waals surface area contributed by atoms with Gasteiger partial charge in [0.05, 0.1) is 22.0 Å². The topological polar surface area (TPSA) is 51.8 Å². The van der Waals surface area contributed by atoms with Gasteiger partial charge in [0.15, 0.2) is 5.82 Å². The van der Waals surface area contributed by atoms with Crippen molar-refractivity contribution in [3.63, 3.8) is 0 Å². The third-order valence-electron chi connectivity index (χ3n) is 4.05. The van der Waals surface area contributed by atoms with Gasteiger partial charge in [-0.3, -0.25) is 4.98 Å². The number of fused-ring (bicyclic) bond motifs is 1. The van der Waals surface area contributed by atoms with E-state index in [0.717, 1.165) is 34.4 Å². The van der Waals surface area contributed by atoms with Gasteiger partial charge >= 0.3 is 0 Å². The van der Waals surface area contributed by atoms with Crippen molar-refractivity contribution in [2.24, 2.45) is 0 Å². The van der Waals surface area contributed by atoms with Crippen molar-refractivity contribution in [3.05, 3.63) is 41.9 Å². The predicted molar refractivity (Wildman–Crippen MR) is 88.8 cm³/mol. The first-order chi connectivity index (χ1) is 10.8. The fourth-order valence-electron chi connectivity index (χ4n) is 2.85. The molecule has 1 fully saturated rings. The van der Waals surface area contributed by atoms with Gasteiger partial charge in [0.25, 0.3) is 5.89 Å². The summed E-state index contributed by atoms with van der Waals surface area (Å²) < 4.78 is 5.52. The van der Waals surface area contributed by atoms with Crippen molar-refractivity contribution in [3.8, 4) is 11.5 Å². The van der Waals surface area contributed by atoms with E-state index in [-0.39, 0.29) is 0 Å². The van der Waals surface area contributed by atoms with Gasteiger partial charge in [0, 0.05) is 5.39 Å².